The van der Waals surface area contributed by atoms with Crippen LogP contribution >= 0.6 is 0 Å². The minimum atomic E-state index is -1.88. The van der Waals surface area contributed by atoms with Gasteiger partial charge in [0.15, 0.2) is 8.32 Å². The Morgan fingerprint density at radius 3 is 2.20 bits per heavy atom. The maximum Gasteiger partial charge on any atom is 0.192 e. The summed E-state index contributed by atoms with van der Waals surface area (Å²) in [6.07, 6.45) is 2.80. The van der Waals surface area contributed by atoms with Crippen LogP contribution in [0.3, 0.4) is 0 Å². The van der Waals surface area contributed by atoms with Gasteiger partial charge in [0, 0.05) is 0 Å². The molecule has 0 fully saturated rings. The molecule has 1 aromatic carbocycles. The van der Waals surface area contributed by atoms with Crippen molar-refractivity contribution in [1.82, 2.24) is 0 Å². The highest BCUT2D eigenvalue weighted by atomic mass is 28.4. The van der Waals surface area contributed by atoms with Crippen LogP contribution in [0.5, 0.6) is 0 Å². The zero-order valence-electron chi connectivity index (χ0n) is 17.0. The Balaban J connectivity index is 2.76. The molecule has 1 rings (SSSR count). The van der Waals surface area contributed by atoms with Crippen LogP contribution in [0.4, 0.5) is 0 Å². The molecule has 1 N–H and O–H groups in total. The van der Waals surface area contributed by atoms with E-state index in [1.165, 1.54) is 0 Å². The average molecular weight is 365 g/mol. The van der Waals surface area contributed by atoms with E-state index < -0.39 is 14.4 Å². The molecular formula is C21H36O3Si. The lowest BCUT2D eigenvalue weighted by atomic mass is 10.1. The zero-order valence-corrected chi connectivity index (χ0v) is 18.0. The first-order valence-electron chi connectivity index (χ1n) is 9.19. The van der Waals surface area contributed by atoms with Crippen molar-refractivity contribution in [2.75, 3.05) is 6.61 Å². The monoisotopic (exact) mass is 364 g/mol. The van der Waals surface area contributed by atoms with E-state index in [4.69, 9.17) is 9.16 Å². The first-order chi connectivity index (χ1) is 11.5. The third-order valence-corrected chi connectivity index (χ3v) is 9.30. The quantitative estimate of drug-likeness (QED) is 0.485. The van der Waals surface area contributed by atoms with Crippen LogP contribution in [-0.2, 0) is 15.8 Å². The summed E-state index contributed by atoms with van der Waals surface area (Å²) in [4.78, 5) is 0. The smallest absolute Gasteiger partial charge is 0.192 e. The molecule has 1 aromatic rings. The first-order valence-corrected chi connectivity index (χ1v) is 12.1. The fourth-order valence-electron chi connectivity index (χ4n) is 1.99. The van der Waals surface area contributed by atoms with Gasteiger partial charge in [0.1, 0.15) is 12.2 Å². The van der Waals surface area contributed by atoms with E-state index in [0.717, 1.165) is 5.56 Å². The number of hydrogen-bond donors (Lipinski definition) is 1. The van der Waals surface area contributed by atoms with Gasteiger partial charge in [-0.15, -0.1) is 0 Å². The summed E-state index contributed by atoms with van der Waals surface area (Å²) in [5.74, 6) is 0.394. The van der Waals surface area contributed by atoms with E-state index >= 15 is 0 Å². The van der Waals surface area contributed by atoms with Crippen LogP contribution in [0.2, 0.25) is 18.1 Å². The third kappa shape index (κ3) is 7.86. The Bertz CT molecular complexity index is 518. The van der Waals surface area contributed by atoms with E-state index in [1.54, 1.807) is 0 Å². The lowest BCUT2D eigenvalue weighted by molar-refractivity contribution is -0.0513. The second kappa shape index (κ2) is 9.67. The van der Waals surface area contributed by atoms with Crippen LogP contribution < -0.4 is 0 Å². The summed E-state index contributed by atoms with van der Waals surface area (Å²) in [6, 6.07) is 10.0. The van der Waals surface area contributed by atoms with Crippen molar-refractivity contribution >= 4 is 8.32 Å². The lowest BCUT2D eigenvalue weighted by Gasteiger charge is -2.37. The number of allylic oxidation sites excluding steroid dienone is 1. The van der Waals surface area contributed by atoms with Crippen molar-refractivity contribution < 1.29 is 14.3 Å². The van der Waals surface area contributed by atoms with E-state index in [0.29, 0.717) is 19.1 Å². The van der Waals surface area contributed by atoms with Crippen molar-refractivity contribution in [1.29, 1.82) is 0 Å². The minimum absolute atomic E-state index is 0.135. The third-order valence-electron chi connectivity index (χ3n) is 4.80. The van der Waals surface area contributed by atoms with E-state index in [-0.39, 0.29) is 11.1 Å². The Kier molecular flexibility index (Phi) is 8.55. The molecule has 0 unspecified atom stereocenters. The SMILES string of the molecule is CC(C)/C=C/[C@@H](O)[C@@H](CO[Si](C)(C)C(C)(C)C)OCc1ccccc1. The Morgan fingerprint density at radius 2 is 1.68 bits per heavy atom. The number of rotatable bonds is 9. The molecule has 0 amide bonds. The molecule has 0 saturated carbocycles. The molecule has 25 heavy (non-hydrogen) atoms. The standard InChI is InChI=1S/C21H36O3Si/c1-17(2)13-14-19(22)20(16-24-25(6,7)21(3,4)5)23-15-18-11-9-8-10-12-18/h8-14,17,19-20,22H,15-16H2,1-7H3/b14-13+/t19-,20-/m1/s1. The van der Waals surface area contributed by atoms with Gasteiger partial charge >= 0.3 is 0 Å². The van der Waals surface area contributed by atoms with Crippen molar-refractivity contribution in [2.24, 2.45) is 5.92 Å². The first kappa shape index (κ1) is 22.1. The maximum atomic E-state index is 10.6. The van der Waals surface area contributed by atoms with E-state index in [1.807, 2.05) is 42.5 Å². The highest BCUT2D eigenvalue weighted by Gasteiger charge is 2.38. The Labute approximate surface area is 155 Å². The van der Waals surface area contributed by atoms with Crippen molar-refractivity contribution in [2.45, 2.75) is 71.6 Å². The minimum Gasteiger partial charge on any atom is -0.414 e. The van der Waals surface area contributed by atoms with Gasteiger partial charge in [0.25, 0.3) is 0 Å². The van der Waals surface area contributed by atoms with Gasteiger partial charge in [-0.05, 0) is 29.6 Å². The summed E-state index contributed by atoms with van der Waals surface area (Å²) in [5, 5.41) is 10.7. The fraction of sp³-hybridized carbons (Fsp3) is 0.619. The van der Waals surface area contributed by atoms with Crippen LogP contribution in [0, 0.1) is 5.92 Å². The predicted octanol–water partition coefficient (Wildman–Crippen LogP) is 5.17. The number of aliphatic hydroxyl groups is 1. The molecule has 0 radical (unpaired) electrons. The van der Waals surface area contributed by atoms with Crippen molar-refractivity contribution in [3.8, 4) is 0 Å². The van der Waals surface area contributed by atoms with Crippen LogP contribution in [0.15, 0.2) is 42.5 Å². The largest absolute Gasteiger partial charge is 0.414 e. The number of benzene rings is 1. The molecule has 0 aromatic heterocycles. The molecule has 0 aliphatic carbocycles. The predicted molar refractivity (Wildman–Crippen MR) is 108 cm³/mol. The number of aliphatic hydroxyl groups excluding tert-OH is 1. The number of ether oxygens (including phenoxy) is 1. The highest BCUT2D eigenvalue weighted by Crippen LogP contribution is 2.36. The topological polar surface area (TPSA) is 38.7 Å². The summed E-state index contributed by atoms with van der Waals surface area (Å²) in [6.45, 7) is 16.2. The van der Waals surface area contributed by atoms with Gasteiger partial charge in [-0.3, -0.25) is 0 Å². The summed E-state index contributed by atoms with van der Waals surface area (Å²) >= 11 is 0. The maximum absolute atomic E-state index is 10.6. The second-order valence-corrected chi connectivity index (χ2v) is 13.3. The molecule has 0 spiro atoms. The fourth-order valence-corrected chi connectivity index (χ4v) is 3.00. The Hall–Kier alpha value is -0.943. The normalized spacial score (nSPS) is 15.7. The molecule has 0 saturated heterocycles. The molecule has 142 valence electrons. The summed E-state index contributed by atoms with van der Waals surface area (Å²) in [7, 11) is -1.88. The van der Waals surface area contributed by atoms with Crippen molar-refractivity contribution in [3.63, 3.8) is 0 Å². The molecule has 0 bridgehead atoms. The molecule has 2 atom stereocenters. The molecule has 4 heteroatoms. The van der Waals surface area contributed by atoms with Crippen LogP contribution in [0.25, 0.3) is 0 Å². The zero-order chi connectivity index (χ0) is 19.1. The molecule has 3 nitrogen and oxygen atoms in total. The summed E-state index contributed by atoms with van der Waals surface area (Å²) < 4.78 is 12.3. The number of hydrogen-bond acceptors (Lipinski definition) is 3. The highest BCUT2D eigenvalue weighted by molar-refractivity contribution is 6.74. The lowest BCUT2D eigenvalue weighted by Crippen LogP contribution is -2.44. The Morgan fingerprint density at radius 1 is 1.08 bits per heavy atom. The average Bonchev–Trinajstić information content (AvgIpc) is 2.52. The van der Waals surface area contributed by atoms with Gasteiger partial charge in [-0.1, -0.05) is 77.1 Å². The van der Waals surface area contributed by atoms with Gasteiger partial charge in [-0.2, -0.15) is 0 Å². The molecular weight excluding hydrogens is 328 g/mol. The van der Waals surface area contributed by atoms with Gasteiger partial charge < -0.3 is 14.3 Å². The van der Waals surface area contributed by atoms with Crippen LogP contribution in [-0.4, -0.2) is 32.2 Å². The van der Waals surface area contributed by atoms with E-state index in [2.05, 4.69) is 47.7 Å². The second-order valence-electron chi connectivity index (χ2n) is 8.53. The van der Waals surface area contributed by atoms with Crippen LogP contribution in [0.1, 0.15) is 40.2 Å². The van der Waals surface area contributed by atoms with Crippen molar-refractivity contribution in [3.05, 3.63) is 48.0 Å². The molecule has 0 aliphatic rings. The molecule has 0 heterocycles. The van der Waals surface area contributed by atoms with Gasteiger partial charge in [0.05, 0.1) is 13.2 Å². The van der Waals surface area contributed by atoms with Gasteiger partial charge in [0.2, 0.25) is 0 Å². The van der Waals surface area contributed by atoms with Gasteiger partial charge in [-0.25, -0.2) is 0 Å². The summed E-state index contributed by atoms with van der Waals surface area (Å²) in [5.41, 5.74) is 1.10. The van der Waals surface area contributed by atoms with E-state index in [9.17, 15) is 5.11 Å². The molecule has 0 aliphatic heterocycles.